The molecule has 3 rings (SSSR count). The third-order valence-corrected chi connectivity index (χ3v) is 3.95. The Labute approximate surface area is 147 Å². The van der Waals surface area contributed by atoms with Crippen LogP contribution < -0.4 is 0 Å². The lowest BCUT2D eigenvalue weighted by molar-refractivity contribution is -0.144. The molecule has 0 spiro atoms. The molecule has 0 saturated carbocycles. The number of nitrogens with zero attached hydrogens (tertiary/aromatic N) is 5. The Balaban J connectivity index is 1.71. The number of carbonyl (C=O) groups excluding carboxylic acids is 1. The molecule has 1 fully saturated rings. The van der Waals surface area contributed by atoms with Gasteiger partial charge in [-0.2, -0.15) is 18.0 Å². The summed E-state index contributed by atoms with van der Waals surface area (Å²) in [5, 5.41) is 11.6. The number of aromatic nitrogens is 4. The van der Waals surface area contributed by atoms with Crippen molar-refractivity contribution in [3.05, 3.63) is 29.8 Å². The van der Waals surface area contributed by atoms with Crippen LogP contribution in [0.2, 0.25) is 0 Å². The number of halogens is 3. The number of hydrogen-bond acceptors (Lipinski definition) is 5. The average molecular weight is 369 g/mol. The summed E-state index contributed by atoms with van der Waals surface area (Å²) in [5.74, 6) is -0.160. The zero-order valence-corrected chi connectivity index (χ0v) is 14.3. The predicted molar refractivity (Wildman–Crippen MR) is 84.8 cm³/mol. The van der Waals surface area contributed by atoms with E-state index in [0.717, 1.165) is 16.9 Å². The topological polar surface area (TPSA) is 73.1 Å². The number of benzene rings is 1. The highest BCUT2D eigenvalue weighted by molar-refractivity contribution is 5.76. The number of tetrazole rings is 1. The summed E-state index contributed by atoms with van der Waals surface area (Å²) in [6.45, 7) is 4.58. The molecular weight excluding hydrogens is 351 g/mol. The molecule has 10 heteroatoms. The second kappa shape index (κ2) is 7.02. The first-order valence-corrected chi connectivity index (χ1v) is 8.11. The maximum absolute atomic E-state index is 12.8. The van der Waals surface area contributed by atoms with Gasteiger partial charge in [-0.1, -0.05) is 12.1 Å². The summed E-state index contributed by atoms with van der Waals surface area (Å²) in [7, 11) is 0. The summed E-state index contributed by atoms with van der Waals surface area (Å²) in [6.07, 6.45) is -4.58. The van der Waals surface area contributed by atoms with Gasteiger partial charge in [-0.25, -0.2) is 0 Å². The van der Waals surface area contributed by atoms with Gasteiger partial charge in [0.1, 0.15) is 6.54 Å². The van der Waals surface area contributed by atoms with Crippen LogP contribution in [0.3, 0.4) is 0 Å². The lowest BCUT2D eigenvalue weighted by Crippen LogP contribution is -2.49. The van der Waals surface area contributed by atoms with Gasteiger partial charge in [-0.05, 0) is 31.2 Å². The molecule has 0 N–H and O–H groups in total. The van der Waals surface area contributed by atoms with Crippen LogP contribution in [0.25, 0.3) is 11.4 Å². The van der Waals surface area contributed by atoms with Crippen molar-refractivity contribution in [1.29, 1.82) is 0 Å². The van der Waals surface area contributed by atoms with E-state index in [9.17, 15) is 18.0 Å². The van der Waals surface area contributed by atoms with Crippen LogP contribution in [0.4, 0.5) is 13.2 Å². The standard InChI is InChI=1S/C16H18F3N5O2/c1-10-7-23(8-11(2)26-10)14(25)9-24-21-15(20-22-24)12-4-3-5-13(6-12)16(17,18)19/h3-6,10-11H,7-9H2,1-2H3. The third-order valence-electron chi connectivity index (χ3n) is 3.95. The molecule has 1 aromatic carbocycles. The lowest BCUT2D eigenvalue weighted by atomic mass is 10.1. The minimum atomic E-state index is -4.45. The summed E-state index contributed by atoms with van der Waals surface area (Å²) < 4.78 is 44.0. The van der Waals surface area contributed by atoms with E-state index in [2.05, 4.69) is 15.4 Å². The van der Waals surface area contributed by atoms with Gasteiger partial charge in [0.2, 0.25) is 11.7 Å². The Morgan fingerprint density at radius 3 is 2.62 bits per heavy atom. The minimum absolute atomic E-state index is 0.0348. The van der Waals surface area contributed by atoms with E-state index in [1.165, 1.54) is 12.1 Å². The van der Waals surface area contributed by atoms with Crippen LogP contribution >= 0.6 is 0 Å². The number of carbonyl (C=O) groups is 1. The van der Waals surface area contributed by atoms with Crippen molar-refractivity contribution in [3.63, 3.8) is 0 Å². The zero-order valence-electron chi connectivity index (χ0n) is 14.3. The fraction of sp³-hybridized carbons (Fsp3) is 0.500. The summed E-state index contributed by atoms with van der Waals surface area (Å²) >= 11 is 0. The minimum Gasteiger partial charge on any atom is -0.372 e. The normalized spacial score (nSPS) is 21.0. The first-order chi connectivity index (χ1) is 12.2. The molecule has 1 amide bonds. The highest BCUT2D eigenvalue weighted by atomic mass is 19.4. The van der Waals surface area contributed by atoms with Crippen LogP contribution in [-0.4, -0.2) is 56.3 Å². The zero-order chi connectivity index (χ0) is 18.9. The van der Waals surface area contributed by atoms with E-state index < -0.39 is 11.7 Å². The lowest BCUT2D eigenvalue weighted by Gasteiger charge is -2.35. The highest BCUT2D eigenvalue weighted by Gasteiger charge is 2.31. The molecule has 2 unspecified atom stereocenters. The second-order valence-corrected chi connectivity index (χ2v) is 6.28. The first kappa shape index (κ1) is 18.3. The second-order valence-electron chi connectivity index (χ2n) is 6.28. The highest BCUT2D eigenvalue weighted by Crippen LogP contribution is 2.31. The molecule has 7 nitrogen and oxygen atoms in total. The van der Waals surface area contributed by atoms with E-state index in [0.29, 0.717) is 13.1 Å². The Morgan fingerprint density at radius 1 is 1.27 bits per heavy atom. The van der Waals surface area contributed by atoms with Gasteiger partial charge in [-0.15, -0.1) is 10.2 Å². The summed E-state index contributed by atoms with van der Waals surface area (Å²) in [6, 6.07) is 4.66. The molecule has 2 heterocycles. The molecule has 2 atom stereocenters. The van der Waals surface area contributed by atoms with Crippen LogP contribution in [0, 0.1) is 0 Å². The molecule has 1 aliphatic rings. The predicted octanol–water partition coefficient (Wildman–Crippen LogP) is 1.99. The molecule has 0 aliphatic carbocycles. The van der Waals surface area contributed by atoms with Crippen molar-refractivity contribution in [3.8, 4) is 11.4 Å². The molecule has 140 valence electrons. The van der Waals surface area contributed by atoms with E-state index in [4.69, 9.17) is 4.74 Å². The van der Waals surface area contributed by atoms with Gasteiger partial charge in [0.05, 0.1) is 17.8 Å². The van der Waals surface area contributed by atoms with Crippen molar-refractivity contribution < 1.29 is 22.7 Å². The Bertz CT molecular complexity index is 782. The van der Waals surface area contributed by atoms with Crippen LogP contribution in [0.1, 0.15) is 19.4 Å². The molecule has 0 bridgehead atoms. The van der Waals surface area contributed by atoms with Crippen LogP contribution in [-0.2, 0) is 22.3 Å². The monoisotopic (exact) mass is 369 g/mol. The van der Waals surface area contributed by atoms with Gasteiger partial charge >= 0.3 is 6.18 Å². The average Bonchev–Trinajstić information content (AvgIpc) is 3.02. The van der Waals surface area contributed by atoms with Crippen molar-refractivity contribution in [2.75, 3.05) is 13.1 Å². The number of ether oxygens (including phenoxy) is 1. The van der Waals surface area contributed by atoms with Gasteiger partial charge in [0.15, 0.2) is 0 Å². The SMILES string of the molecule is CC1CN(C(=O)Cn2nnc(-c3cccc(C(F)(F)F)c3)n2)CC(C)O1. The van der Waals surface area contributed by atoms with Crippen molar-refractivity contribution in [1.82, 2.24) is 25.1 Å². The largest absolute Gasteiger partial charge is 0.416 e. The maximum Gasteiger partial charge on any atom is 0.416 e. The van der Waals surface area contributed by atoms with Gasteiger partial charge < -0.3 is 9.64 Å². The Kier molecular flexibility index (Phi) is 4.94. The van der Waals surface area contributed by atoms with E-state index in [1.54, 1.807) is 4.90 Å². The number of rotatable bonds is 3. The fourth-order valence-corrected chi connectivity index (χ4v) is 2.86. The van der Waals surface area contributed by atoms with E-state index in [1.807, 2.05) is 13.8 Å². The number of amides is 1. The molecule has 0 radical (unpaired) electrons. The number of hydrogen-bond donors (Lipinski definition) is 0. The van der Waals surface area contributed by atoms with Crippen molar-refractivity contribution >= 4 is 5.91 Å². The van der Waals surface area contributed by atoms with E-state index in [-0.39, 0.29) is 36.0 Å². The third kappa shape index (κ3) is 4.18. The molecule has 1 aromatic heterocycles. The number of alkyl halides is 3. The quantitative estimate of drug-likeness (QED) is 0.827. The molecule has 1 aliphatic heterocycles. The fourth-order valence-electron chi connectivity index (χ4n) is 2.86. The van der Waals surface area contributed by atoms with E-state index >= 15 is 0 Å². The molecule has 26 heavy (non-hydrogen) atoms. The van der Waals surface area contributed by atoms with Crippen molar-refractivity contribution in [2.24, 2.45) is 0 Å². The van der Waals surface area contributed by atoms with Crippen LogP contribution in [0.15, 0.2) is 24.3 Å². The molecule has 1 saturated heterocycles. The summed E-state index contributed by atoms with van der Waals surface area (Å²) in [5.41, 5.74) is -0.606. The Morgan fingerprint density at radius 2 is 1.96 bits per heavy atom. The van der Waals surface area contributed by atoms with Gasteiger partial charge in [0.25, 0.3) is 0 Å². The smallest absolute Gasteiger partial charge is 0.372 e. The van der Waals surface area contributed by atoms with Crippen molar-refractivity contribution in [2.45, 2.75) is 38.8 Å². The van der Waals surface area contributed by atoms with Crippen LogP contribution in [0.5, 0.6) is 0 Å². The number of morpholine rings is 1. The Hall–Kier alpha value is -2.49. The summed E-state index contributed by atoms with van der Waals surface area (Å²) in [4.78, 5) is 15.1. The van der Waals surface area contributed by atoms with Gasteiger partial charge in [0, 0.05) is 18.7 Å². The molecule has 2 aromatic rings. The first-order valence-electron chi connectivity index (χ1n) is 8.11. The molecular formula is C16H18F3N5O2. The maximum atomic E-state index is 12.8. The van der Waals surface area contributed by atoms with Gasteiger partial charge in [-0.3, -0.25) is 4.79 Å².